The summed E-state index contributed by atoms with van der Waals surface area (Å²) in [5.41, 5.74) is 2.40. The maximum Gasteiger partial charge on any atom is 0.228 e. The van der Waals surface area contributed by atoms with E-state index in [9.17, 15) is 4.79 Å². The predicted octanol–water partition coefficient (Wildman–Crippen LogP) is 3.20. The van der Waals surface area contributed by atoms with Crippen LogP contribution in [0.4, 0.5) is 17.3 Å². The molecule has 6 rings (SSSR count). The van der Waals surface area contributed by atoms with Crippen molar-refractivity contribution in [2.24, 2.45) is 11.8 Å². The van der Waals surface area contributed by atoms with Gasteiger partial charge in [-0.05, 0) is 37.5 Å². The second kappa shape index (κ2) is 8.77. The minimum Gasteiger partial charge on any atom is -0.378 e. The molecule has 2 N–H and O–H groups in total. The van der Waals surface area contributed by atoms with Crippen molar-refractivity contribution in [2.75, 3.05) is 48.3 Å². The fourth-order valence-electron chi connectivity index (χ4n) is 4.50. The van der Waals surface area contributed by atoms with E-state index < -0.39 is 6.50 Å². The Morgan fingerprint density at radius 1 is 1.23 bits per heavy atom. The zero-order valence-electron chi connectivity index (χ0n) is 21.7. The molecule has 0 radical (unpaired) electrons. The minimum absolute atomic E-state index is 0.0136. The van der Waals surface area contributed by atoms with E-state index in [1.165, 1.54) is 6.92 Å². The second-order valence-corrected chi connectivity index (χ2v) is 9.04. The predicted molar refractivity (Wildman–Crippen MR) is 135 cm³/mol. The number of pyridine rings is 3. The number of nitrogens with one attached hydrogen (secondary N) is 2. The molecule has 4 aromatic rings. The summed E-state index contributed by atoms with van der Waals surface area (Å²) in [5, 5.41) is 11.8. The van der Waals surface area contributed by atoms with Crippen molar-refractivity contribution in [2.45, 2.75) is 20.3 Å². The summed E-state index contributed by atoms with van der Waals surface area (Å²) < 4.78 is 23.1. The lowest BCUT2D eigenvalue weighted by Gasteiger charge is -2.28. The highest BCUT2D eigenvalue weighted by Crippen LogP contribution is 2.39. The van der Waals surface area contributed by atoms with Gasteiger partial charge in [-0.15, -0.1) is 5.10 Å². The van der Waals surface area contributed by atoms with Gasteiger partial charge in [0.15, 0.2) is 11.5 Å². The van der Waals surface area contributed by atoms with Gasteiger partial charge in [0.05, 0.1) is 25.1 Å². The summed E-state index contributed by atoms with van der Waals surface area (Å²) in [4.78, 5) is 28.4. The fraction of sp³-hybridized carbons (Fsp3) is 0.400. The molecule has 1 aliphatic heterocycles. The molecule has 0 aromatic carbocycles. The molecule has 2 atom stereocenters. The van der Waals surface area contributed by atoms with Crippen LogP contribution in [-0.2, 0) is 9.53 Å². The molecule has 10 nitrogen and oxygen atoms in total. The fourth-order valence-corrected chi connectivity index (χ4v) is 4.50. The number of nitrogens with zero attached hydrogens (tertiary/aromatic N) is 6. The van der Waals surface area contributed by atoms with Crippen molar-refractivity contribution >= 4 is 39.6 Å². The lowest BCUT2D eigenvalue weighted by atomic mass is 10.1. The molecule has 5 heterocycles. The van der Waals surface area contributed by atoms with E-state index in [2.05, 4.69) is 32.4 Å². The second-order valence-electron chi connectivity index (χ2n) is 9.04. The Morgan fingerprint density at radius 3 is 2.83 bits per heavy atom. The molecule has 0 bridgehead atoms. The van der Waals surface area contributed by atoms with E-state index in [1.54, 1.807) is 23.0 Å². The van der Waals surface area contributed by atoms with Crippen LogP contribution in [0.3, 0.4) is 0 Å². The van der Waals surface area contributed by atoms with E-state index in [0.29, 0.717) is 58.6 Å². The van der Waals surface area contributed by atoms with Crippen molar-refractivity contribution in [1.29, 1.82) is 0 Å². The summed E-state index contributed by atoms with van der Waals surface area (Å²) in [7, 11) is 0. The lowest BCUT2D eigenvalue weighted by Crippen LogP contribution is -2.36. The van der Waals surface area contributed by atoms with Gasteiger partial charge in [-0.3, -0.25) is 4.79 Å². The maximum atomic E-state index is 12.5. The molecule has 1 aliphatic carbocycles. The number of ether oxygens (including phenoxy) is 1. The van der Waals surface area contributed by atoms with E-state index in [1.807, 2.05) is 18.3 Å². The van der Waals surface area contributed by atoms with Crippen molar-refractivity contribution in [3.63, 3.8) is 0 Å². The number of hydrogen-bond donors (Lipinski definition) is 2. The summed E-state index contributed by atoms with van der Waals surface area (Å²) in [5.74, 6) is 1.60. The van der Waals surface area contributed by atoms with Gasteiger partial charge in [-0.2, -0.15) is 0 Å². The van der Waals surface area contributed by atoms with Crippen molar-refractivity contribution in [3.8, 4) is 11.4 Å². The molecular weight excluding hydrogens is 444 g/mol. The SMILES string of the molecule is [2H]C([2H])(C)Nc1ncc(-c2nc3ccc(N4CCOCC4)cn3n2)c2cc(NC(=O)[C@H]3C[C@H]3C)ncc12. The maximum absolute atomic E-state index is 12.5. The Labute approximate surface area is 205 Å². The first kappa shape index (κ1) is 19.5. The molecular formula is C25H28N8O2. The van der Waals surface area contributed by atoms with Crippen LogP contribution in [0.5, 0.6) is 0 Å². The van der Waals surface area contributed by atoms with Crippen LogP contribution in [0.15, 0.2) is 36.8 Å². The highest BCUT2D eigenvalue weighted by Gasteiger charge is 2.39. The molecule has 10 heteroatoms. The van der Waals surface area contributed by atoms with Crippen LogP contribution in [0.1, 0.15) is 23.0 Å². The molecule has 180 valence electrons. The first-order valence-electron chi connectivity index (χ1n) is 12.8. The van der Waals surface area contributed by atoms with Crippen LogP contribution in [0.25, 0.3) is 27.8 Å². The van der Waals surface area contributed by atoms with Crippen LogP contribution in [0, 0.1) is 11.8 Å². The largest absolute Gasteiger partial charge is 0.378 e. The van der Waals surface area contributed by atoms with E-state index in [-0.39, 0.29) is 11.8 Å². The van der Waals surface area contributed by atoms with Gasteiger partial charge in [0.1, 0.15) is 11.6 Å². The average molecular weight is 475 g/mol. The summed E-state index contributed by atoms with van der Waals surface area (Å²) in [6.07, 6.45) is 6.06. The number of hydrogen-bond acceptors (Lipinski definition) is 8. The topological polar surface area (TPSA) is 110 Å². The zero-order chi connectivity index (χ0) is 25.7. The molecule has 2 fully saturated rings. The minimum atomic E-state index is -1.69. The molecule has 1 saturated heterocycles. The summed E-state index contributed by atoms with van der Waals surface area (Å²) in [6.45, 7) is 4.82. The molecule has 2 aliphatic rings. The molecule has 35 heavy (non-hydrogen) atoms. The molecule has 1 amide bonds. The lowest BCUT2D eigenvalue weighted by molar-refractivity contribution is -0.117. The summed E-state index contributed by atoms with van der Waals surface area (Å²) in [6, 6.07) is 5.74. The Hall–Kier alpha value is -3.79. The van der Waals surface area contributed by atoms with Gasteiger partial charge in [0.2, 0.25) is 5.91 Å². The third-order valence-corrected chi connectivity index (χ3v) is 6.65. The van der Waals surface area contributed by atoms with Crippen LogP contribution in [0.2, 0.25) is 0 Å². The number of amides is 1. The van der Waals surface area contributed by atoms with Gasteiger partial charge < -0.3 is 20.3 Å². The summed E-state index contributed by atoms with van der Waals surface area (Å²) >= 11 is 0. The standard InChI is InChI=1S/C25H28N8O2/c1-3-26-23-19-12-27-21(29-25(34)17-10-15(17)2)11-18(19)20(13-28-23)24-30-22-5-4-16(14-33(22)31-24)32-6-8-35-9-7-32/h4-5,11-15,17H,3,6-10H2,1-2H3,(H,26,28)(H,27,29,34)/t15-,17+/m1/s1/i3D2. The van der Waals surface area contributed by atoms with Gasteiger partial charge >= 0.3 is 0 Å². The van der Waals surface area contributed by atoms with Gasteiger partial charge in [-0.1, -0.05) is 6.92 Å². The number of fused-ring (bicyclic) bond motifs is 2. The zero-order valence-corrected chi connectivity index (χ0v) is 19.7. The van der Waals surface area contributed by atoms with Gasteiger partial charge in [-0.25, -0.2) is 19.5 Å². The van der Waals surface area contributed by atoms with Crippen LogP contribution >= 0.6 is 0 Å². The Morgan fingerprint density at radius 2 is 2.06 bits per heavy atom. The highest BCUT2D eigenvalue weighted by atomic mass is 16.5. The highest BCUT2D eigenvalue weighted by molar-refractivity contribution is 6.03. The van der Waals surface area contributed by atoms with E-state index in [0.717, 1.165) is 25.2 Å². The van der Waals surface area contributed by atoms with Crippen LogP contribution in [-0.4, -0.2) is 63.3 Å². The monoisotopic (exact) mass is 474 g/mol. The number of carbonyl (C=O) groups excluding carboxylic acids is 1. The third-order valence-electron chi connectivity index (χ3n) is 6.65. The van der Waals surface area contributed by atoms with Crippen molar-refractivity contribution in [1.82, 2.24) is 24.6 Å². The Kier molecular flexibility index (Phi) is 4.89. The molecule has 1 saturated carbocycles. The Bertz CT molecular complexity index is 1500. The number of anilines is 3. The smallest absolute Gasteiger partial charge is 0.228 e. The van der Waals surface area contributed by atoms with Crippen molar-refractivity contribution < 1.29 is 12.3 Å². The normalized spacial score (nSPS) is 21.0. The number of aromatic nitrogens is 5. The number of morpholine rings is 1. The van der Waals surface area contributed by atoms with Crippen molar-refractivity contribution in [3.05, 3.63) is 36.8 Å². The third kappa shape index (κ3) is 4.14. The van der Waals surface area contributed by atoms with E-state index >= 15 is 0 Å². The quantitative estimate of drug-likeness (QED) is 0.438. The molecule has 0 spiro atoms. The first-order chi connectivity index (χ1) is 17.7. The van der Waals surface area contributed by atoms with Gasteiger partial charge in [0.25, 0.3) is 0 Å². The number of rotatable bonds is 6. The molecule has 0 unspecified atom stereocenters. The molecule has 4 aromatic heterocycles. The first-order valence-corrected chi connectivity index (χ1v) is 11.8. The van der Waals surface area contributed by atoms with Gasteiger partial charge in [0, 0.05) is 57.0 Å². The number of carbonyl (C=O) groups is 1. The van der Waals surface area contributed by atoms with Crippen LogP contribution < -0.4 is 15.5 Å². The average Bonchev–Trinajstić information content (AvgIpc) is 3.46. The van der Waals surface area contributed by atoms with E-state index in [4.69, 9.17) is 17.6 Å². The Balaban J connectivity index is 1.41.